The molecule has 3 N–H and O–H groups in total. The summed E-state index contributed by atoms with van der Waals surface area (Å²) in [5.74, 6) is 0.501. The van der Waals surface area contributed by atoms with Crippen molar-refractivity contribution in [1.82, 2.24) is 14.9 Å². The van der Waals surface area contributed by atoms with Crippen LogP contribution in [0.25, 0.3) is 21.8 Å². The van der Waals surface area contributed by atoms with E-state index in [-0.39, 0.29) is 0 Å². The number of aromatic carboxylic acids is 1. The van der Waals surface area contributed by atoms with Crippen LogP contribution in [-0.2, 0) is 6.42 Å². The molecule has 6 nitrogen and oxygen atoms in total. The van der Waals surface area contributed by atoms with Crippen molar-refractivity contribution in [2.45, 2.75) is 31.6 Å². The van der Waals surface area contributed by atoms with Crippen LogP contribution in [0.4, 0.5) is 0 Å². The van der Waals surface area contributed by atoms with Gasteiger partial charge >= 0.3 is 5.97 Å². The summed E-state index contributed by atoms with van der Waals surface area (Å²) in [6, 6.07) is 11.5. The van der Waals surface area contributed by atoms with Crippen LogP contribution in [0.15, 0.2) is 48.8 Å². The summed E-state index contributed by atoms with van der Waals surface area (Å²) >= 11 is 0. The number of carboxylic acid groups (broad SMARTS) is 1. The molecule has 5 rings (SSSR count). The molecule has 0 bridgehead atoms. The van der Waals surface area contributed by atoms with Gasteiger partial charge in [0, 0.05) is 34.2 Å². The summed E-state index contributed by atoms with van der Waals surface area (Å²) in [6.45, 7) is 3.26. The minimum Gasteiger partial charge on any atom is -0.497 e. The number of rotatable bonds is 7. The number of aryl methyl sites for hydroxylation is 1. The van der Waals surface area contributed by atoms with Crippen LogP contribution in [-0.4, -0.2) is 52.7 Å². The molecule has 0 unspecified atom stereocenters. The fourth-order valence-electron chi connectivity index (χ4n) is 5.07. The maximum atomic E-state index is 11.4. The topological polar surface area (TPSA) is 81.3 Å². The molecule has 0 saturated carbocycles. The molecule has 2 aromatic heterocycles. The van der Waals surface area contributed by atoms with Gasteiger partial charge in [0.2, 0.25) is 0 Å². The van der Waals surface area contributed by atoms with Crippen LogP contribution in [0.1, 0.15) is 46.7 Å². The van der Waals surface area contributed by atoms with Crippen molar-refractivity contribution in [3.8, 4) is 5.75 Å². The van der Waals surface area contributed by atoms with Crippen molar-refractivity contribution in [1.29, 1.82) is 0 Å². The van der Waals surface area contributed by atoms with Crippen molar-refractivity contribution in [2.75, 3.05) is 26.7 Å². The number of fused-ring (bicyclic) bond motifs is 2. The molecule has 4 aromatic rings. The summed E-state index contributed by atoms with van der Waals surface area (Å²) in [5.41, 5.74) is 5.14. The number of nitrogens with zero attached hydrogens (tertiary/aromatic N) is 1. The standard InChI is InChI=1S/C26H29N3O3/c1-32-20-5-7-24-21(14-20)19(15-27-24)3-2-10-29-11-8-17(9-12-29)23-16-28-25-6-4-18(26(30)31)13-22(23)25/h4-7,13-17,27-28H,2-3,8-12H2,1H3,(H,30,31). The van der Waals surface area contributed by atoms with Crippen molar-refractivity contribution in [2.24, 2.45) is 0 Å². The molecule has 0 atom stereocenters. The Morgan fingerprint density at radius 1 is 1.06 bits per heavy atom. The molecule has 2 aromatic carbocycles. The quantitative estimate of drug-likeness (QED) is 0.377. The van der Waals surface area contributed by atoms with E-state index in [0.717, 1.165) is 67.5 Å². The van der Waals surface area contributed by atoms with Crippen molar-refractivity contribution >= 4 is 27.8 Å². The fourth-order valence-corrected chi connectivity index (χ4v) is 5.07. The zero-order valence-corrected chi connectivity index (χ0v) is 18.4. The lowest BCUT2D eigenvalue weighted by atomic mass is 9.88. The van der Waals surface area contributed by atoms with Crippen molar-refractivity contribution < 1.29 is 14.6 Å². The van der Waals surface area contributed by atoms with Gasteiger partial charge in [-0.15, -0.1) is 0 Å². The Balaban J connectivity index is 1.18. The smallest absolute Gasteiger partial charge is 0.335 e. The van der Waals surface area contributed by atoms with Gasteiger partial charge in [-0.1, -0.05) is 0 Å². The van der Waals surface area contributed by atoms with Crippen LogP contribution < -0.4 is 4.74 Å². The van der Waals surface area contributed by atoms with E-state index in [1.807, 2.05) is 18.2 Å². The Morgan fingerprint density at radius 3 is 2.59 bits per heavy atom. The molecule has 0 radical (unpaired) electrons. The Bertz CT molecular complexity index is 1250. The molecule has 1 aliphatic rings. The molecular weight excluding hydrogens is 402 g/mol. The van der Waals surface area contributed by atoms with E-state index in [1.54, 1.807) is 13.2 Å². The zero-order valence-electron chi connectivity index (χ0n) is 18.4. The van der Waals surface area contributed by atoms with E-state index < -0.39 is 5.97 Å². The third-order valence-corrected chi connectivity index (χ3v) is 6.88. The number of aromatic amines is 2. The molecule has 0 spiro atoms. The first-order valence-corrected chi connectivity index (χ1v) is 11.3. The average molecular weight is 432 g/mol. The maximum Gasteiger partial charge on any atom is 0.335 e. The van der Waals surface area contributed by atoms with Gasteiger partial charge < -0.3 is 24.7 Å². The predicted octanol–water partition coefficient (Wildman–Crippen LogP) is 5.17. The Hall–Kier alpha value is -3.25. The second-order valence-corrected chi connectivity index (χ2v) is 8.75. The highest BCUT2D eigenvalue weighted by molar-refractivity contribution is 5.94. The first-order valence-electron chi connectivity index (χ1n) is 11.3. The minimum absolute atomic E-state index is 0.352. The number of carboxylic acids is 1. The molecule has 0 amide bonds. The number of benzene rings is 2. The number of likely N-dealkylation sites (tertiary alicyclic amines) is 1. The summed E-state index contributed by atoms with van der Waals surface area (Å²) in [7, 11) is 1.71. The second kappa shape index (κ2) is 8.71. The third-order valence-electron chi connectivity index (χ3n) is 6.88. The highest BCUT2D eigenvalue weighted by Crippen LogP contribution is 2.34. The van der Waals surface area contributed by atoms with Gasteiger partial charge in [-0.3, -0.25) is 0 Å². The number of ether oxygens (including phenoxy) is 1. The zero-order chi connectivity index (χ0) is 22.1. The van der Waals surface area contributed by atoms with Crippen molar-refractivity contribution in [3.63, 3.8) is 0 Å². The number of hydrogen-bond acceptors (Lipinski definition) is 3. The highest BCUT2D eigenvalue weighted by atomic mass is 16.5. The number of carbonyl (C=O) groups is 1. The number of piperidine rings is 1. The van der Waals surface area contributed by atoms with E-state index >= 15 is 0 Å². The van der Waals surface area contributed by atoms with Crippen molar-refractivity contribution in [3.05, 3.63) is 65.5 Å². The van der Waals surface area contributed by atoms with Crippen LogP contribution in [0.2, 0.25) is 0 Å². The van der Waals surface area contributed by atoms with E-state index in [0.29, 0.717) is 11.5 Å². The number of H-pyrrole nitrogens is 2. The van der Waals surface area contributed by atoms with Gasteiger partial charge in [0.25, 0.3) is 0 Å². The van der Waals surface area contributed by atoms with Gasteiger partial charge in [-0.2, -0.15) is 0 Å². The Morgan fingerprint density at radius 2 is 1.81 bits per heavy atom. The molecule has 1 saturated heterocycles. The predicted molar refractivity (Wildman–Crippen MR) is 127 cm³/mol. The van der Waals surface area contributed by atoms with Gasteiger partial charge in [0.15, 0.2) is 0 Å². The molecular formula is C26H29N3O3. The summed E-state index contributed by atoms with van der Waals surface area (Å²) in [4.78, 5) is 20.6. The van der Waals surface area contributed by atoms with Crippen LogP contribution >= 0.6 is 0 Å². The van der Waals surface area contributed by atoms with E-state index in [1.165, 1.54) is 16.5 Å². The van der Waals surface area contributed by atoms with Gasteiger partial charge in [-0.25, -0.2) is 4.79 Å². The number of hydrogen-bond donors (Lipinski definition) is 3. The largest absolute Gasteiger partial charge is 0.497 e. The number of nitrogens with one attached hydrogen (secondary N) is 2. The first-order chi connectivity index (χ1) is 15.6. The highest BCUT2D eigenvalue weighted by Gasteiger charge is 2.23. The first kappa shape index (κ1) is 20.6. The van der Waals surface area contributed by atoms with Gasteiger partial charge in [-0.05, 0) is 98.8 Å². The molecule has 1 fully saturated rings. The average Bonchev–Trinajstić information content (AvgIpc) is 3.43. The third kappa shape index (κ3) is 3.98. The van der Waals surface area contributed by atoms with Gasteiger partial charge in [0.05, 0.1) is 12.7 Å². The molecule has 1 aliphatic heterocycles. The number of aromatic nitrogens is 2. The monoisotopic (exact) mass is 431 g/mol. The number of methoxy groups -OCH3 is 1. The van der Waals surface area contributed by atoms with Gasteiger partial charge in [0.1, 0.15) is 5.75 Å². The lowest BCUT2D eigenvalue weighted by molar-refractivity contribution is 0.0697. The normalized spacial score (nSPS) is 15.5. The lowest BCUT2D eigenvalue weighted by Gasteiger charge is -2.32. The SMILES string of the molecule is COc1ccc2[nH]cc(CCCN3CCC(c4c[nH]c5ccc(C(=O)O)cc45)CC3)c2c1. The Kier molecular flexibility index (Phi) is 5.62. The van der Waals surface area contributed by atoms with E-state index in [2.05, 4.69) is 39.4 Å². The van der Waals surface area contributed by atoms with Crippen LogP contribution in [0.3, 0.4) is 0 Å². The van der Waals surface area contributed by atoms with Crippen LogP contribution in [0.5, 0.6) is 5.75 Å². The molecule has 0 aliphatic carbocycles. The molecule has 3 heterocycles. The van der Waals surface area contributed by atoms with Crippen LogP contribution in [0, 0.1) is 0 Å². The Labute approximate surface area is 187 Å². The molecule has 166 valence electrons. The fraction of sp³-hybridized carbons (Fsp3) is 0.346. The summed E-state index contributed by atoms with van der Waals surface area (Å²) in [6.07, 6.45) is 8.58. The summed E-state index contributed by atoms with van der Waals surface area (Å²) < 4.78 is 5.38. The second-order valence-electron chi connectivity index (χ2n) is 8.75. The summed E-state index contributed by atoms with van der Waals surface area (Å²) in [5, 5.41) is 11.6. The van der Waals surface area contributed by atoms with E-state index in [4.69, 9.17) is 4.74 Å². The lowest BCUT2D eigenvalue weighted by Crippen LogP contribution is -2.33. The molecule has 32 heavy (non-hydrogen) atoms. The van der Waals surface area contributed by atoms with E-state index in [9.17, 15) is 9.90 Å². The maximum absolute atomic E-state index is 11.4. The molecule has 6 heteroatoms. The minimum atomic E-state index is -0.873.